The summed E-state index contributed by atoms with van der Waals surface area (Å²) in [6, 6.07) is 0. The smallest absolute Gasteiger partial charge is 0.330 e. The number of fused-ring (bicyclic) bond motifs is 2. The van der Waals surface area contributed by atoms with Crippen molar-refractivity contribution < 1.29 is 9.53 Å². The average molecular weight is 179 g/mol. The SMILES string of the molecule is COC(=O)/C=C1/C(N)=C2CCC1C2. The van der Waals surface area contributed by atoms with Crippen molar-refractivity contribution in [2.75, 3.05) is 7.11 Å². The van der Waals surface area contributed by atoms with Crippen LogP contribution in [0.4, 0.5) is 0 Å². The first-order valence-corrected chi connectivity index (χ1v) is 4.49. The van der Waals surface area contributed by atoms with Crippen molar-refractivity contribution in [1.29, 1.82) is 0 Å². The fraction of sp³-hybridized carbons (Fsp3) is 0.500. The van der Waals surface area contributed by atoms with E-state index in [1.54, 1.807) is 0 Å². The summed E-state index contributed by atoms with van der Waals surface area (Å²) in [5.74, 6) is 0.181. The Labute approximate surface area is 77.2 Å². The van der Waals surface area contributed by atoms with E-state index in [0.29, 0.717) is 5.92 Å². The maximum absolute atomic E-state index is 11.0. The van der Waals surface area contributed by atoms with E-state index in [-0.39, 0.29) is 5.97 Å². The van der Waals surface area contributed by atoms with Gasteiger partial charge in [-0.15, -0.1) is 0 Å². The van der Waals surface area contributed by atoms with Gasteiger partial charge in [0.05, 0.1) is 7.11 Å². The number of esters is 1. The van der Waals surface area contributed by atoms with Gasteiger partial charge in [-0.25, -0.2) is 4.79 Å². The van der Waals surface area contributed by atoms with Crippen LogP contribution in [-0.4, -0.2) is 13.1 Å². The number of hydrogen-bond donors (Lipinski definition) is 1. The van der Waals surface area contributed by atoms with Gasteiger partial charge in [0, 0.05) is 11.8 Å². The van der Waals surface area contributed by atoms with Gasteiger partial charge >= 0.3 is 5.97 Å². The van der Waals surface area contributed by atoms with E-state index in [1.165, 1.54) is 18.8 Å². The van der Waals surface area contributed by atoms with Gasteiger partial charge in [-0.3, -0.25) is 0 Å². The summed E-state index contributed by atoms with van der Waals surface area (Å²) in [6.45, 7) is 0. The van der Waals surface area contributed by atoms with E-state index >= 15 is 0 Å². The molecule has 0 heterocycles. The maximum Gasteiger partial charge on any atom is 0.330 e. The zero-order chi connectivity index (χ0) is 9.42. The molecule has 0 saturated heterocycles. The normalized spacial score (nSPS) is 28.7. The molecule has 0 spiro atoms. The molecule has 0 aromatic rings. The predicted molar refractivity (Wildman–Crippen MR) is 48.7 cm³/mol. The number of ether oxygens (including phenoxy) is 1. The molecule has 3 heteroatoms. The molecule has 2 N–H and O–H groups in total. The molecule has 1 fully saturated rings. The van der Waals surface area contributed by atoms with Crippen molar-refractivity contribution in [1.82, 2.24) is 0 Å². The third kappa shape index (κ3) is 1.24. The summed E-state index contributed by atoms with van der Waals surface area (Å²) >= 11 is 0. The molecule has 1 atom stereocenters. The molecular weight excluding hydrogens is 166 g/mol. The van der Waals surface area contributed by atoms with Crippen LogP contribution in [0.25, 0.3) is 0 Å². The second-order valence-electron chi connectivity index (χ2n) is 3.58. The second kappa shape index (κ2) is 2.91. The van der Waals surface area contributed by atoms with Gasteiger partial charge in [-0.05, 0) is 36.3 Å². The summed E-state index contributed by atoms with van der Waals surface area (Å²) in [4.78, 5) is 11.0. The molecule has 0 aromatic heterocycles. The van der Waals surface area contributed by atoms with Crippen molar-refractivity contribution in [2.45, 2.75) is 19.3 Å². The lowest BCUT2D eigenvalue weighted by Gasteiger charge is -2.12. The van der Waals surface area contributed by atoms with E-state index in [9.17, 15) is 4.79 Å². The highest BCUT2D eigenvalue weighted by Crippen LogP contribution is 2.45. The predicted octanol–water partition coefficient (Wildman–Crippen LogP) is 1.11. The highest BCUT2D eigenvalue weighted by Gasteiger charge is 2.33. The van der Waals surface area contributed by atoms with E-state index in [1.807, 2.05) is 0 Å². The third-order valence-corrected chi connectivity index (χ3v) is 2.89. The average Bonchev–Trinajstić information content (AvgIpc) is 2.69. The van der Waals surface area contributed by atoms with E-state index in [4.69, 9.17) is 5.73 Å². The summed E-state index contributed by atoms with van der Waals surface area (Å²) in [7, 11) is 1.38. The van der Waals surface area contributed by atoms with Crippen LogP contribution < -0.4 is 5.73 Å². The Kier molecular flexibility index (Phi) is 1.87. The van der Waals surface area contributed by atoms with Crippen LogP contribution in [0, 0.1) is 5.92 Å². The number of methoxy groups -OCH3 is 1. The second-order valence-corrected chi connectivity index (χ2v) is 3.58. The molecular formula is C10H13NO2. The van der Waals surface area contributed by atoms with Gasteiger partial charge in [-0.2, -0.15) is 0 Å². The number of rotatable bonds is 1. The molecule has 13 heavy (non-hydrogen) atoms. The molecule has 3 nitrogen and oxygen atoms in total. The van der Waals surface area contributed by atoms with E-state index in [0.717, 1.165) is 30.5 Å². The Morgan fingerprint density at radius 3 is 3.00 bits per heavy atom. The third-order valence-electron chi connectivity index (χ3n) is 2.89. The zero-order valence-electron chi connectivity index (χ0n) is 7.67. The van der Waals surface area contributed by atoms with Crippen molar-refractivity contribution in [3.8, 4) is 0 Å². The Morgan fingerprint density at radius 1 is 1.69 bits per heavy atom. The van der Waals surface area contributed by atoms with Crippen molar-refractivity contribution in [3.63, 3.8) is 0 Å². The monoisotopic (exact) mass is 179 g/mol. The highest BCUT2D eigenvalue weighted by atomic mass is 16.5. The maximum atomic E-state index is 11.0. The fourth-order valence-corrected chi connectivity index (χ4v) is 2.17. The Hall–Kier alpha value is -1.25. The van der Waals surface area contributed by atoms with Crippen LogP contribution in [0.15, 0.2) is 22.9 Å². The van der Waals surface area contributed by atoms with Crippen LogP contribution in [0.3, 0.4) is 0 Å². The van der Waals surface area contributed by atoms with Gasteiger partial charge in [0.2, 0.25) is 0 Å². The molecule has 0 radical (unpaired) electrons. The van der Waals surface area contributed by atoms with E-state index in [2.05, 4.69) is 4.74 Å². The van der Waals surface area contributed by atoms with Gasteiger partial charge in [0.15, 0.2) is 0 Å². The molecule has 2 aliphatic carbocycles. The molecule has 2 rings (SSSR count). The van der Waals surface area contributed by atoms with Gasteiger partial charge < -0.3 is 10.5 Å². The lowest BCUT2D eigenvalue weighted by atomic mass is 9.96. The van der Waals surface area contributed by atoms with Crippen molar-refractivity contribution in [2.24, 2.45) is 11.7 Å². The van der Waals surface area contributed by atoms with Crippen LogP contribution in [-0.2, 0) is 9.53 Å². The summed E-state index contributed by atoms with van der Waals surface area (Å²) in [5, 5.41) is 0. The van der Waals surface area contributed by atoms with Gasteiger partial charge in [0.1, 0.15) is 0 Å². The van der Waals surface area contributed by atoms with Gasteiger partial charge in [0.25, 0.3) is 0 Å². The Bertz CT molecular complexity index is 315. The lowest BCUT2D eigenvalue weighted by Crippen LogP contribution is -2.10. The molecule has 2 aliphatic rings. The summed E-state index contributed by atoms with van der Waals surface area (Å²) in [6.07, 6.45) is 4.83. The molecule has 1 saturated carbocycles. The molecule has 0 aromatic carbocycles. The molecule has 2 bridgehead atoms. The summed E-state index contributed by atoms with van der Waals surface area (Å²) < 4.78 is 4.57. The molecule has 0 aliphatic heterocycles. The quantitative estimate of drug-likeness (QED) is 0.484. The van der Waals surface area contributed by atoms with Crippen LogP contribution >= 0.6 is 0 Å². The Morgan fingerprint density at radius 2 is 2.46 bits per heavy atom. The first kappa shape index (κ1) is 8.35. The van der Waals surface area contributed by atoms with Crippen molar-refractivity contribution >= 4 is 5.97 Å². The number of allylic oxidation sites excluding steroid dienone is 2. The number of nitrogens with two attached hydrogens (primary N) is 1. The van der Waals surface area contributed by atoms with Crippen LogP contribution in [0.2, 0.25) is 0 Å². The van der Waals surface area contributed by atoms with E-state index < -0.39 is 0 Å². The van der Waals surface area contributed by atoms with Crippen molar-refractivity contribution in [3.05, 3.63) is 22.9 Å². The van der Waals surface area contributed by atoms with Gasteiger partial charge in [-0.1, -0.05) is 0 Å². The minimum absolute atomic E-state index is 0.300. The summed E-state index contributed by atoms with van der Waals surface area (Å²) in [5.41, 5.74) is 9.02. The topological polar surface area (TPSA) is 52.3 Å². The first-order chi connectivity index (χ1) is 6.22. The zero-order valence-corrected chi connectivity index (χ0v) is 7.67. The highest BCUT2D eigenvalue weighted by molar-refractivity contribution is 5.84. The minimum atomic E-state index is -0.300. The van der Waals surface area contributed by atoms with Crippen LogP contribution in [0.5, 0.6) is 0 Å². The molecule has 70 valence electrons. The Balaban J connectivity index is 2.27. The standard InChI is InChI=1S/C10H13NO2/c1-13-9(12)5-8-6-2-3-7(4-6)10(8)11/h5-6H,2-4,11H2,1H3/b8-5+. The first-order valence-electron chi connectivity index (χ1n) is 4.49. The van der Waals surface area contributed by atoms with Crippen LogP contribution in [0.1, 0.15) is 19.3 Å². The number of carbonyl (C=O) groups is 1. The molecule has 1 unspecified atom stereocenters. The largest absolute Gasteiger partial charge is 0.466 e. The fourth-order valence-electron chi connectivity index (χ4n) is 2.17. The molecule has 0 amide bonds. The number of hydrogen-bond acceptors (Lipinski definition) is 3. The number of carbonyl (C=O) groups excluding carboxylic acids is 1. The lowest BCUT2D eigenvalue weighted by molar-refractivity contribution is -0.134. The minimum Gasteiger partial charge on any atom is -0.466 e.